The Morgan fingerprint density at radius 3 is 2.44 bits per heavy atom. The first-order chi connectivity index (χ1) is 19.4. The maximum absolute atomic E-state index is 14.0. The second-order valence-corrected chi connectivity index (χ2v) is 11.8. The molecule has 1 aliphatic carbocycles. The second kappa shape index (κ2) is 9.73. The van der Waals surface area contributed by atoms with Crippen molar-refractivity contribution in [2.75, 3.05) is 0 Å². The molecule has 0 spiro atoms. The average molecular weight is 556 g/mol. The summed E-state index contributed by atoms with van der Waals surface area (Å²) in [5, 5.41) is 11.3. The van der Waals surface area contributed by atoms with Crippen molar-refractivity contribution in [3.63, 3.8) is 0 Å². The summed E-state index contributed by atoms with van der Waals surface area (Å²) < 4.78 is 28.4. The van der Waals surface area contributed by atoms with Crippen molar-refractivity contribution >= 4 is 11.0 Å². The molecule has 1 aliphatic rings. The lowest BCUT2D eigenvalue weighted by molar-refractivity contribution is 0.0786. The quantitative estimate of drug-likeness (QED) is 0.226. The number of aromatic amines is 1. The van der Waals surface area contributed by atoms with Gasteiger partial charge in [0, 0.05) is 36.0 Å². The molecular weight excluding hydrogens is 521 g/mol. The highest BCUT2D eigenvalue weighted by Gasteiger charge is 2.27. The molecule has 0 unspecified atom stereocenters. The number of pyridine rings is 1. The zero-order valence-electron chi connectivity index (χ0n) is 24.2. The SMILES string of the molecule is Cc1cc(F)cc(C)c1Oc1ccc(C(C)(C)O)cc1-c1cn(C)c(=O)c2cc(-c3nc(C4CCC4)[nH]c3C)oc12. The number of hydrogen-bond acceptors (Lipinski definition) is 5. The van der Waals surface area contributed by atoms with Crippen molar-refractivity contribution in [1.29, 1.82) is 0 Å². The molecule has 2 aromatic carbocycles. The standard InChI is InChI=1S/C33H34FN3O4/c1-17-12-22(34)13-18(2)29(17)40-26-11-10-21(33(4,5)39)14-23(26)25-16-37(6)32(38)24-15-27(41-30(24)25)28-19(3)35-31(36-28)20-8-7-9-20/h10-16,20,39H,7-9H2,1-6H3,(H,35,36). The number of fused-ring (bicyclic) bond motifs is 1. The van der Waals surface area contributed by atoms with Crippen LogP contribution in [0.5, 0.6) is 11.5 Å². The molecule has 0 saturated heterocycles. The molecule has 0 bridgehead atoms. The monoisotopic (exact) mass is 555 g/mol. The lowest BCUT2D eigenvalue weighted by atomic mass is 9.85. The molecule has 41 heavy (non-hydrogen) atoms. The molecule has 3 heterocycles. The van der Waals surface area contributed by atoms with E-state index in [0.717, 1.165) is 24.4 Å². The van der Waals surface area contributed by atoms with E-state index in [1.165, 1.54) is 23.1 Å². The Bertz CT molecular complexity index is 1850. The predicted octanol–water partition coefficient (Wildman–Crippen LogP) is 7.54. The van der Waals surface area contributed by atoms with E-state index < -0.39 is 5.60 Å². The van der Waals surface area contributed by atoms with Crippen LogP contribution in [0.2, 0.25) is 0 Å². The van der Waals surface area contributed by atoms with Gasteiger partial charge in [-0.2, -0.15) is 0 Å². The number of nitrogens with zero attached hydrogens (tertiary/aromatic N) is 2. The fourth-order valence-corrected chi connectivity index (χ4v) is 5.54. The number of hydrogen-bond donors (Lipinski definition) is 2. The Morgan fingerprint density at radius 1 is 1.10 bits per heavy atom. The van der Waals surface area contributed by atoms with Gasteiger partial charge < -0.3 is 23.8 Å². The second-order valence-electron chi connectivity index (χ2n) is 11.8. The van der Waals surface area contributed by atoms with Gasteiger partial charge >= 0.3 is 0 Å². The van der Waals surface area contributed by atoms with Crippen molar-refractivity contribution in [3.8, 4) is 34.1 Å². The number of H-pyrrole nitrogens is 1. The van der Waals surface area contributed by atoms with Gasteiger partial charge in [0.1, 0.15) is 34.4 Å². The van der Waals surface area contributed by atoms with Crippen LogP contribution in [0.15, 0.2) is 51.8 Å². The Labute approximate surface area is 237 Å². The molecule has 5 aromatic rings. The first-order valence-electron chi connectivity index (χ1n) is 13.9. The van der Waals surface area contributed by atoms with Gasteiger partial charge in [0.2, 0.25) is 0 Å². The lowest BCUT2D eigenvalue weighted by Crippen LogP contribution is -2.17. The maximum Gasteiger partial charge on any atom is 0.261 e. The largest absolute Gasteiger partial charge is 0.456 e. The van der Waals surface area contributed by atoms with E-state index in [4.69, 9.17) is 14.1 Å². The van der Waals surface area contributed by atoms with Crippen LogP contribution in [0.4, 0.5) is 4.39 Å². The molecule has 2 N–H and O–H groups in total. The third kappa shape index (κ3) is 4.76. The molecule has 0 amide bonds. The third-order valence-electron chi connectivity index (χ3n) is 8.09. The Balaban J connectivity index is 1.56. The zero-order valence-corrected chi connectivity index (χ0v) is 24.2. The predicted molar refractivity (Wildman–Crippen MR) is 157 cm³/mol. The first-order valence-corrected chi connectivity index (χ1v) is 13.9. The van der Waals surface area contributed by atoms with Crippen LogP contribution >= 0.6 is 0 Å². The molecule has 6 rings (SSSR count). The van der Waals surface area contributed by atoms with Crippen LogP contribution in [0.3, 0.4) is 0 Å². The molecule has 0 radical (unpaired) electrons. The Morgan fingerprint density at radius 2 is 1.80 bits per heavy atom. The van der Waals surface area contributed by atoms with Crippen LogP contribution in [0.25, 0.3) is 33.6 Å². The van der Waals surface area contributed by atoms with E-state index in [2.05, 4.69) is 4.98 Å². The average Bonchev–Trinajstić information content (AvgIpc) is 3.46. The van der Waals surface area contributed by atoms with E-state index in [0.29, 0.717) is 67.7 Å². The molecule has 212 valence electrons. The molecule has 0 aliphatic heterocycles. The number of aromatic nitrogens is 3. The molecule has 8 heteroatoms. The van der Waals surface area contributed by atoms with Gasteiger partial charge in [-0.3, -0.25) is 4.79 Å². The number of imidazole rings is 1. The van der Waals surface area contributed by atoms with Gasteiger partial charge in [-0.1, -0.05) is 12.5 Å². The minimum atomic E-state index is -1.13. The highest BCUT2D eigenvalue weighted by Crippen LogP contribution is 2.43. The molecule has 1 saturated carbocycles. The number of aryl methyl sites for hydroxylation is 4. The minimum absolute atomic E-state index is 0.197. The minimum Gasteiger partial charge on any atom is -0.456 e. The molecular formula is C33H34FN3O4. The van der Waals surface area contributed by atoms with E-state index in [1.54, 1.807) is 59.1 Å². The van der Waals surface area contributed by atoms with Crippen LogP contribution in [-0.2, 0) is 12.6 Å². The van der Waals surface area contributed by atoms with Crippen LogP contribution in [0.1, 0.15) is 67.2 Å². The summed E-state index contributed by atoms with van der Waals surface area (Å²) in [5.41, 5.74) is 3.88. The van der Waals surface area contributed by atoms with Crippen LogP contribution in [0, 0.1) is 26.6 Å². The summed E-state index contributed by atoms with van der Waals surface area (Å²) >= 11 is 0. The van der Waals surface area contributed by atoms with Gasteiger partial charge in [-0.25, -0.2) is 9.37 Å². The van der Waals surface area contributed by atoms with Crippen molar-refractivity contribution in [1.82, 2.24) is 14.5 Å². The number of aliphatic hydroxyl groups is 1. The maximum atomic E-state index is 14.0. The van der Waals surface area contributed by atoms with Gasteiger partial charge in [0.25, 0.3) is 5.56 Å². The Kier molecular flexibility index (Phi) is 6.41. The summed E-state index contributed by atoms with van der Waals surface area (Å²) in [4.78, 5) is 21.6. The van der Waals surface area contributed by atoms with E-state index in [9.17, 15) is 14.3 Å². The number of ether oxygens (including phenoxy) is 1. The van der Waals surface area contributed by atoms with Gasteiger partial charge in [0.15, 0.2) is 5.76 Å². The van der Waals surface area contributed by atoms with Crippen molar-refractivity contribution in [2.45, 2.75) is 65.4 Å². The highest BCUT2D eigenvalue weighted by atomic mass is 19.1. The number of rotatable bonds is 6. The van der Waals surface area contributed by atoms with Crippen molar-refractivity contribution in [2.24, 2.45) is 7.05 Å². The number of halogens is 1. The van der Waals surface area contributed by atoms with Crippen LogP contribution in [-0.4, -0.2) is 19.6 Å². The summed E-state index contributed by atoms with van der Waals surface area (Å²) in [6.07, 6.45) is 5.15. The zero-order chi connectivity index (χ0) is 29.2. The van der Waals surface area contributed by atoms with Gasteiger partial charge in [-0.05, 0) is 94.5 Å². The molecule has 3 aromatic heterocycles. The number of furan rings is 1. The molecule has 1 fully saturated rings. The van der Waals surface area contributed by atoms with Crippen LogP contribution < -0.4 is 10.3 Å². The fraction of sp³-hybridized carbons (Fsp3) is 0.333. The molecule has 7 nitrogen and oxygen atoms in total. The van der Waals surface area contributed by atoms with Crippen molar-refractivity contribution < 1.29 is 18.7 Å². The summed E-state index contributed by atoms with van der Waals surface area (Å²) in [6, 6.07) is 10.0. The number of nitrogens with one attached hydrogen (secondary N) is 1. The summed E-state index contributed by atoms with van der Waals surface area (Å²) in [6.45, 7) is 8.97. The highest BCUT2D eigenvalue weighted by molar-refractivity contribution is 5.95. The van der Waals surface area contributed by atoms with Crippen molar-refractivity contribution in [3.05, 3.63) is 87.0 Å². The van der Waals surface area contributed by atoms with Gasteiger partial charge in [0.05, 0.1) is 11.0 Å². The Hall–Kier alpha value is -4.17. The summed E-state index contributed by atoms with van der Waals surface area (Å²) in [5.74, 6) is 2.59. The van der Waals surface area contributed by atoms with Gasteiger partial charge in [-0.15, -0.1) is 0 Å². The van der Waals surface area contributed by atoms with E-state index in [-0.39, 0.29) is 11.4 Å². The third-order valence-corrected chi connectivity index (χ3v) is 8.09. The number of benzene rings is 2. The smallest absolute Gasteiger partial charge is 0.261 e. The topological polar surface area (TPSA) is 93.3 Å². The normalized spacial score (nSPS) is 14.0. The summed E-state index contributed by atoms with van der Waals surface area (Å²) in [7, 11) is 1.70. The first kappa shape index (κ1) is 27.0. The molecule has 0 atom stereocenters. The van der Waals surface area contributed by atoms with E-state index in [1.807, 2.05) is 13.0 Å². The lowest BCUT2D eigenvalue weighted by Gasteiger charge is -2.22. The fourth-order valence-electron chi connectivity index (χ4n) is 5.54. The van der Waals surface area contributed by atoms with E-state index >= 15 is 0 Å².